The van der Waals surface area contributed by atoms with E-state index in [4.69, 9.17) is 4.74 Å². The number of ether oxygens (including phenoxy) is 1. The van der Waals surface area contributed by atoms with Crippen LogP contribution < -0.4 is 5.32 Å². The number of H-pyrrole nitrogens is 1. The molecule has 0 saturated heterocycles. The number of rotatable bonds is 7. The summed E-state index contributed by atoms with van der Waals surface area (Å²) in [6, 6.07) is 17.0. The van der Waals surface area contributed by atoms with Crippen LogP contribution in [0.3, 0.4) is 0 Å². The molecule has 0 aliphatic heterocycles. The Hall–Kier alpha value is -2.43. The standard InChI is InChI=1S/C20H23N3O/c1-15-3-9-18(10-4-15)20-19(13-22-23-20)12-21-11-16-5-7-17(8-6-16)14-24-2/h3-10,13,21H,11-12,14H2,1-2H3,(H,22,23). The highest BCUT2D eigenvalue weighted by Crippen LogP contribution is 2.21. The van der Waals surface area contributed by atoms with Crippen molar-refractivity contribution >= 4 is 0 Å². The van der Waals surface area contributed by atoms with Crippen molar-refractivity contribution in [3.63, 3.8) is 0 Å². The van der Waals surface area contributed by atoms with Crippen LogP contribution in [0.15, 0.2) is 54.7 Å². The lowest BCUT2D eigenvalue weighted by molar-refractivity contribution is 0.185. The number of aryl methyl sites for hydroxylation is 1. The molecule has 2 N–H and O–H groups in total. The molecule has 3 rings (SSSR count). The maximum Gasteiger partial charge on any atom is 0.0713 e. The van der Waals surface area contributed by atoms with Gasteiger partial charge in [-0.3, -0.25) is 5.10 Å². The smallest absolute Gasteiger partial charge is 0.0713 e. The van der Waals surface area contributed by atoms with E-state index in [1.165, 1.54) is 27.8 Å². The van der Waals surface area contributed by atoms with Gasteiger partial charge in [0.25, 0.3) is 0 Å². The molecular formula is C20H23N3O. The first-order chi connectivity index (χ1) is 11.8. The molecule has 1 heterocycles. The summed E-state index contributed by atoms with van der Waals surface area (Å²) in [5.41, 5.74) is 7.13. The molecule has 4 nitrogen and oxygen atoms in total. The minimum absolute atomic E-state index is 0.655. The molecule has 0 bridgehead atoms. The summed E-state index contributed by atoms with van der Waals surface area (Å²) in [5.74, 6) is 0. The van der Waals surface area contributed by atoms with E-state index in [0.717, 1.165) is 18.8 Å². The quantitative estimate of drug-likeness (QED) is 0.695. The van der Waals surface area contributed by atoms with Crippen molar-refractivity contribution in [2.24, 2.45) is 0 Å². The molecule has 0 radical (unpaired) electrons. The summed E-state index contributed by atoms with van der Waals surface area (Å²) in [6.45, 7) is 4.35. The van der Waals surface area contributed by atoms with Gasteiger partial charge in [-0.2, -0.15) is 5.10 Å². The van der Waals surface area contributed by atoms with Crippen molar-refractivity contribution < 1.29 is 4.74 Å². The molecular weight excluding hydrogens is 298 g/mol. The van der Waals surface area contributed by atoms with Gasteiger partial charge < -0.3 is 10.1 Å². The van der Waals surface area contributed by atoms with E-state index in [1.54, 1.807) is 7.11 Å². The van der Waals surface area contributed by atoms with Gasteiger partial charge in [-0.1, -0.05) is 54.1 Å². The molecule has 124 valence electrons. The second kappa shape index (κ2) is 7.90. The molecule has 0 spiro atoms. The molecule has 0 amide bonds. The average molecular weight is 321 g/mol. The molecule has 1 aromatic heterocycles. The Balaban J connectivity index is 1.59. The highest BCUT2D eigenvalue weighted by atomic mass is 16.5. The third kappa shape index (κ3) is 4.10. The van der Waals surface area contributed by atoms with Crippen LogP contribution >= 0.6 is 0 Å². The molecule has 0 fully saturated rings. The topological polar surface area (TPSA) is 49.9 Å². The van der Waals surface area contributed by atoms with Gasteiger partial charge in [0.2, 0.25) is 0 Å². The first-order valence-electron chi connectivity index (χ1n) is 8.13. The van der Waals surface area contributed by atoms with E-state index in [9.17, 15) is 0 Å². The normalized spacial score (nSPS) is 10.9. The molecule has 3 aromatic rings. The van der Waals surface area contributed by atoms with Gasteiger partial charge >= 0.3 is 0 Å². The summed E-state index contributed by atoms with van der Waals surface area (Å²) in [5, 5.41) is 10.8. The zero-order valence-corrected chi connectivity index (χ0v) is 14.2. The van der Waals surface area contributed by atoms with E-state index >= 15 is 0 Å². The average Bonchev–Trinajstić information content (AvgIpc) is 3.06. The maximum absolute atomic E-state index is 5.13. The molecule has 2 aromatic carbocycles. The van der Waals surface area contributed by atoms with Crippen LogP contribution in [0.2, 0.25) is 0 Å². The molecule has 0 saturated carbocycles. The lowest BCUT2D eigenvalue weighted by atomic mass is 10.1. The van der Waals surface area contributed by atoms with Crippen LogP contribution in [0.5, 0.6) is 0 Å². The summed E-state index contributed by atoms with van der Waals surface area (Å²) < 4.78 is 5.13. The number of nitrogens with one attached hydrogen (secondary N) is 2. The van der Waals surface area contributed by atoms with Crippen molar-refractivity contribution in [1.82, 2.24) is 15.5 Å². The van der Waals surface area contributed by atoms with Crippen LogP contribution in [0.1, 0.15) is 22.3 Å². The van der Waals surface area contributed by atoms with E-state index in [0.29, 0.717) is 6.61 Å². The molecule has 0 unspecified atom stereocenters. The van der Waals surface area contributed by atoms with E-state index < -0.39 is 0 Å². The van der Waals surface area contributed by atoms with Crippen LogP contribution in [0.4, 0.5) is 0 Å². The zero-order valence-electron chi connectivity index (χ0n) is 14.2. The van der Waals surface area contributed by atoms with E-state index in [1.807, 2.05) is 6.20 Å². The Labute approximate surface area is 142 Å². The summed E-state index contributed by atoms with van der Waals surface area (Å²) in [4.78, 5) is 0. The Morgan fingerprint density at radius 3 is 2.38 bits per heavy atom. The fourth-order valence-electron chi connectivity index (χ4n) is 2.68. The van der Waals surface area contributed by atoms with Crippen molar-refractivity contribution in [1.29, 1.82) is 0 Å². The molecule has 24 heavy (non-hydrogen) atoms. The van der Waals surface area contributed by atoms with Gasteiger partial charge in [-0.25, -0.2) is 0 Å². The third-order valence-corrected chi connectivity index (χ3v) is 4.04. The fraction of sp³-hybridized carbons (Fsp3) is 0.250. The first-order valence-corrected chi connectivity index (χ1v) is 8.13. The van der Waals surface area contributed by atoms with Crippen molar-refractivity contribution in [2.45, 2.75) is 26.6 Å². The fourth-order valence-corrected chi connectivity index (χ4v) is 2.68. The minimum Gasteiger partial charge on any atom is -0.380 e. The number of nitrogens with zero attached hydrogens (tertiary/aromatic N) is 1. The number of aromatic amines is 1. The maximum atomic E-state index is 5.13. The van der Waals surface area contributed by atoms with Gasteiger partial charge in [0.15, 0.2) is 0 Å². The van der Waals surface area contributed by atoms with Crippen LogP contribution in [-0.2, 0) is 24.4 Å². The zero-order chi connectivity index (χ0) is 16.8. The predicted molar refractivity (Wildman–Crippen MR) is 96.5 cm³/mol. The summed E-state index contributed by atoms with van der Waals surface area (Å²) in [6.07, 6.45) is 1.89. The first kappa shape index (κ1) is 16.4. The lowest BCUT2D eigenvalue weighted by Crippen LogP contribution is -2.12. The molecule has 4 heteroatoms. The third-order valence-electron chi connectivity index (χ3n) is 4.04. The van der Waals surface area contributed by atoms with E-state index in [2.05, 4.69) is 71.0 Å². The summed E-state index contributed by atoms with van der Waals surface area (Å²) in [7, 11) is 1.71. The summed E-state index contributed by atoms with van der Waals surface area (Å²) >= 11 is 0. The number of methoxy groups -OCH3 is 1. The monoisotopic (exact) mass is 321 g/mol. The van der Waals surface area contributed by atoms with Crippen molar-refractivity contribution in [2.75, 3.05) is 7.11 Å². The Morgan fingerprint density at radius 2 is 1.67 bits per heavy atom. The number of hydrogen-bond acceptors (Lipinski definition) is 3. The Kier molecular flexibility index (Phi) is 5.41. The Bertz CT molecular complexity index is 760. The molecule has 0 aliphatic carbocycles. The van der Waals surface area contributed by atoms with Gasteiger partial charge in [0.05, 0.1) is 18.5 Å². The van der Waals surface area contributed by atoms with E-state index in [-0.39, 0.29) is 0 Å². The Morgan fingerprint density at radius 1 is 0.958 bits per heavy atom. The van der Waals surface area contributed by atoms with Gasteiger partial charge in [-0.05, 0) is 23.6 Å². The second-order valence-corrected chi connectivity index (χ2v) is 5.99. The number of hydrogen-bond donors (Lipinski definition) is 2. The van der Waals surface area contributed by atoms with Gasteiger partial charge in [-0.15, -0.1) is 0 Å². The highest BCUT2D eigenvalue weighted by molar-refractivity contribution is 5.62. The largest absolute Gasteiger partial charge is 0.380 e. The van der Waals surface area contributed by atoms with Crippen LogP contribution in [-0.4, -0.2) is 17.3 Å². The molecule has 0 aliphatic rings. The van der Waals surface area contributed by atoms with Gasteiger partial charge in [0.1, 0.15) is 0 Å². The van der Waals surface area contributed by atoms with Crippen molar-refractivity contribution in [3.8, 4) is 11.3 Å². The predicted octanol–water partition coefficient (Wildman–Crippen LogP) is 3.82. The molecule has 0 atom stereocenters. The second-order valence-electron chi connectivity index (χ2n) is 5.99. The van der Waals surface area contributed by atoms with Crippen molar-refractivity contribution in [3.05, 3.63) is 77.0 Å². The highest BCUT2D eigenvalue weighted by Gasteiger charge is 2.07. The number of aromatic nitrogens is 2. The SMILES string of the molecule is COCc1ccc(CNCc2cn[nH]c2-c2ccc(C)cc2)cc1. The van der Waals surface area contributed by atoms with Crippen LogP contribution in [0.25, 0.3) is 11.3 Å². The van der Waals surface area contributed by atoms with Crippen LogP contribution in [0, 0.1) is 6.92 Å². The lowest BCUT2D eigenvalue weighted by Gasteiger charge is -2.07. The minimum atomic E-state index is 0.655. The van der Waals surface area contributed by atoms with Gasteiger partial charge in [0, 0.05) is 25.8 Å². The number of benzene rings is 2.